The number of aromatic nitrogens is 4. The molecule has 1 aromatic heterocycles. The molecule has 8 nitrogen and oxygen atoms in total. The fraction of sp³-hybridized carbons (Fsp3) is 0.385. The minimum atomic E-state index is -0.566. The molecule has 10 heteroatoms. The van der Waals surface area contributed by atoms with E-state index in [2.05, 4.69) is 15.2 Å². The normalized spacial score (nSPS) is 10.6. The predicted molar refractivity (Wildman–Crippen MR) is 83.4 cm³/mol. The molecule has 2 aromatic rings. The van der Waals surface area contributed by atoms with Crippen LogP contribution in [0.1, 0.15) is 13.3 Å². The number of hydrogen-bond donors (Lipinski definition) is 0. The molecule has 0 aliphatic heterocycles. The lowest BCUT2D eigenvalue weighted by Crippen LogP contribution is -2.24. The Morgan fingerprint density at radius 1 is 1.26 bits per heavy atom. The summed E-state index contributed by atoms with van der Waals surface area (Å²) in [5, 5.41) is 7.95. The Morgan fingerprint density at radius 2 is 2.00 bits per heavy atom. The maximum atomic E-state index is 12.2. The average Bonchev–Trinajstić information content (AvgIpc) is 2.88. The van der Waals surface area contributed by atoms with Crippen molar-refractivity contribution in [3.05, 3.63) is 32.7 Å². The Morgan fingerprint density at radius 3 is 2.65 bits per heavy atom. The summed E-state index contributed by atoms with van der Waals surface area (Å²) < 4.78 is 12.0. The van der Waals surface area contributed by atoms with Gasteiger partial charge in [-0.1, -0.05) is 30.1 Å². The van der Waals surface area contributed by atoms with E-state index in [-0.39, 0.29) is 28.1 Å². The van der Waals surface area contributed by atoms with Gasteiger partial charge in [0.25, 0.3) is 0 Å². The maximum absolute atomic E-state index is 12.2. The zero-order valence-electron chi connectivity index (χ0n) is 12.5. The average molecular weight is 361 g/mol. The van der Waals surface area contributed by atoms with Crippen molar-refractivity contribution in [2.75, 3.05) is 13.7 Å². The maximum Gasteiger partial charge on any atom is 0.368 e. The van der Waals surface area contributed by atoms with Crippen LogP contribution in [0.3, 0.4) is 0 Å². The van der Waals surface area contributed by atoms with Crippen LogP contribution < -0.4 is 10.4 Å². The van der Waals surface area contributed by atoms with Gasteiger partial charge in [0.15, 0.2) is 6.61 Å². The highest BCUT2D eigenvalue weighted by Crippen LogP contribution is 2.32. The molecule has 0 saturated heterocycles. The topological polar surface area (TPSA) is 88.2 Å². The first-order valence-electron chi connectivity index (χ1n) is 6.69. The molecule has 0 atom stereocenters. The highest BCUT2D eigenvalue weighted by molar-refractivity contribution is 6.36. The highest BCUT2D eigenvalue weighted by atomic mass is 35.5. The molecule has 0 N–H and O–H groups in total. The van der Waals surface area contributed by atoms with E-state index < -0.39 is 11.7 Å². The lowest BCUT2D eigenvalue weighted by molar-refractivity contribution is -0.142. The van der Waals surface area contributed by atoms with Gasteiger partial charge in [-0.2, -0.15) is 9.36 Å². The van der Waals surface area contributed by atoms with E-state index >= 15 is 0 Å². The number of tetrazole rings is 1. The number of methoxy groups -OCH3 is 1. The quantitative estimate of drug-likeness (QED) is 0.728. The second-order valence-electron chi connectivity index (χ2n) is 4.50. The molecule has 23 heavy (non-hydrogen) atoms. The van der Waals surface area contributed by atoms with Gasteiger partial charge in [-0.05, 0) is 22.9 Å². The fourth-order valence-corrected chi connectivity index (χ4v) is 2.28. The van der Waals surface area contributed by atoms with Crippen molar-refractivity contribution in [2.24, 2.45) is 0 Å². The summed E-state index contributed by atoms with van der Waals surface area (Å²) in [6, 6.07) is 2.82. The second-order valence-corrected chi connectivity index (χ2v) is 5.31. The van der Waals surface area contributed by atoms with E-state index in [0.29, 0.717) is 6.54 Å². The Hall–Kier alpha value is -2.06. The number of ether oxygens (including phenoxy) is 2. The van der Waals surface area contributed by atoms with Crippen LogP contribution >= 0.6 is 23.2 Å². The van der Waals surface area contributed by atoms with Crippen molar-refractivity contribution < 1.29 is 14.3 Å². The molecular weight excluding hydrogens is 347 g/mol. The smallest absolute Gasteiger partial charge is 0.368 e. The molecule has 2 rings (SSSR count). The third-order valence-corrected chi connectivity index (χ3v) is 3.48. The summed E-state index contributed by atoms with van der Waals surface area (Å²) in [6.45, 7) is 2.03. The van der Waals surface area contributed by atoms with Crippen LogP contribution in [0.4, 0.5) is 0 Å². The third-order valence-electron chi connectivity index (χ3n) is 2.88. The molecule has 0 amide bonds. The van der Waals surface area contributed by atoms with Gasteiger partial charge < -0.3 is 9.47 Å². The summed E-state index contributed by atoms with van der Waals surface area (Å²) in [5.41, 5.74) is -0.182. The largest absolute Gasteiger partial charge is 0.480 e. The lowest BCUT2D eigenvalue weighted by atomic mass is 10.3. The predicted octanol–water partition coefficient (Wildman–Crippen LogP) is 1.70. The van der Waals surface area contributed by atoms with E-state index in [1.807, 2.05) is 6.92 Å². The number of benzene rings is 1. The van der Waals surface area contributed by atoms with Gasteiger partial charge in [-0.15, -0.1) is 0 Å². The Kier molecular flexibility index (Phi) is 5.62. The number of nitrogens with zero attached hydrogens (tertiary/aromatic N) is 4. The van der Waals surface area contributed by atoms with E-state index in [0.717, 1.165) is 11.1 Å². The van der Waals surface area contributed by atoms with Crippen LogP contribution in [0.2, 0.25) is 10.0 Å². The minimum Gasteiger partial charge on any atom is -0.480 e. The van der Waals surface area contributed by atoms with Gasteiger partial charge in [0, 0.05) is 12.6 Å². The highest BCUT2D eigenvalue weighted by Gasteiger charge is 2.16. The third kappa shape index (κ3) is 3.83. The first-order chi connectivity index (χ1) is 11.0. The van der Waals surface area contributed by atoms with Gasteiger partial charge in [0.05, 0.1) is 22.8 Å². The van der Waals surface area contributed by atoms with Crippen LogP contribution in [0.5, 0.6) is 5.75 Å². The van der Waals surface area contributed by atoms with Crippen molar-refractivity contribution in [1.82, 2.24) is 19.8 Å². The van der Waals surface area contributed by atoms with Gasteiger partial charge in [0.2, 0.25) is 0 Å². The van der Waals surface area contributed by atoms with Crippen molar-refractivity contribution in [2.45, 2.75) is 19.9 Å². The summed E-state index contributed by atoms with van der Waals surface area (Å²) in [5.74, 6) is -0.392. The molecule has 1 aromatic carbocycles. The lowest BCUT2D eigenvalue weighted by Gasteiger charge is -2.10. The zero-order valence-corrected chi connectivity index (χ0v) is 14.0. The molecule has 0 fully saturated rings. The fourth-order valence-electron chi connectivity index (χ4n) is 1.76. The summed E-state index contributed by atoms with van der Waals surface area (Å²) in [4.78, 5) is 23.4. The number of carbonyl (C=O) groups excluding carboxylic acids is 1. The van der Waals surface area contributed by atoms with E-state index in [1.54, 1.807) is 0 Å². The van der Waals surface area contributed by atoms with Crippen LogP contribution in [-0.2, 0) is 16.1 Å². The van der Waals surface area contributed by atoms with E-state index in [9.17, 15) is 9.59 Å². The number of aryl methyl sites for hydroxylation is 1. The van der Waals surface area contributed by atoms with Gasteiger partial charge in [0.1, 0.15) is 5.75 Å². The van der Waals surface area contributed by atoms with Crippen LogP contribution in [0, 0.1) is 0 Å². The number of hydrogen-bond acceptors (Lipinski definition) is 6. The van der Waals surface area contributed by atoms with E-state index in [4.69, 9.17) is 27.9 Å². The molecule has 0 bridgehead atoms. The van der Waals surface area contributed by atoms with Crippen LogP contribution in [0.25, 0.3) is 5.69 Å². The molecule has 0 radical (unpaired) electrons. The van der Waals surface area contributed by atoms with Crippen LogP contribution in [-0.4, -0.2) is 39.5 Å². The number of carbonyl (C=O) groups is 1. The van der Waals surface area contributed by atoms with Crippen molar-refractivity contribution in [1.29, 1.82) is 0 Å². The number of esters is 1. The van der Waals surface area contributed by atoms with Gasteiger partial charge >= 0.3 is 11.7 Å². The molecule has 1 heterocycles. The van der Waals surface area contributed by atoms with E-state index in [1.165, 1.54) is 23.9 Å². The monoisotopic (exact) mass is 360 g/mol. The number of rotatable bonds is 6. The molecule has 0 aliphatic carbocycles. The Bertz CT molecular complexity index is 772. The molecular formula is C13H14Cl2N4O4. The van der Waals surface area contributed by atoms with Crippen molar-refractivity contribution >= 4 is 29.2 Å². The zero-order chi connectivity index (χ0) is 17.0. The molecule has 0 spiro atoms. The van der Waals surface area contributed by atoms with Crippen molar-refractivity contribution in [3.63, 3.8) is 0 Å². The standard InChI is InChI=1S/C13H14Cl2N4O4/c1-3-4-18-13(21)19(17-16-18)10-6-11(9(15)5-8(10)14)23-7-12(20)22-2/h5-6H,3-4,7H2,1-2H3. The molecule has 0 saturated carbocycles. The molecule has 0 unspecified atom stereocenters. The SMILES string of the molecule is CCCn1nnn(-c2cc(OCC(=O)OC)c(Cl)cc2Cl)c1=O. The first-order valence-corrected chi connectivity index (χ1v) is 7.45. The second kappa shape index (κ2) is 7.47. The minimum absolute atomic E-state index is 0.174. The summed E-state index contributed by atoms with van der Waals surface area (Å²) in [6.07, 6.45) is 0.737. The summed E-state index contributed by atoms with van der Waals surface area (Å²) >= 11 is 12.1. The van der Waals surface area contributed by atoms with Gasteiger partial charge in [-0.3, -0.25) is 0 Å². The number of halogens is 2. The van der Waals surface area contributed by atoms with Crippen molar-refractivity contribution in [3.8, 4) is 11.4 Å². The van der Waals surface area contributed by atoms with Gasteiger partial charge in [-0.25, -0.2) is 9.59 Å². The summed E-state index contributed by atoms with van der Waals surface area (Å²) in [7, 11) is 1.24. The first kappa shape index (κ1) is 17.3. The molecule has 124 valence electrons. The molecule has 0 aliphatic rings. The van der Waals surface area contributed by atoms with Crippen LogP contribution in [0.15, 0.2) is 16.9 Å². The Labute approximate surface area is 141 Å². The Balaban J connectivity index is 2.39.